The topological polar surface area (TPSA) is 73.2 Å². The van der Waals surface area contributed by atoms with E-state index in [0.29, 0.717) is 4.90 Å². The molecule has 0 spiro atoms. The van der Waals surface area contributed by atoms with Crippen LogP contribution in [0.5, 0.6) is 0 Å². The van der Waals surface area contributed by atoms with E-state index < -0.39 is 34.4 Å². The van der Waals surface area contributed by atoms with E-state index in [1.165, 1.54) is 26.0 Å². The van der Waals surface area contributed by atoms with Crippen LogP contribution >= 0.6 is 0 Å². The minimum atomic E-state index is -4.84. The third-order valence-electron chi connectivity index (χ3n) is 3.13. The second-order valence-electron chi connectivity index (χ2n) is 5.09. The molecule has 1 aliphatic rings. The van der Waals surface area contributed by atoms with E-state index in [9.17, 15) is 22.2 Å². The maximum Gasteiger partial charge on any atom is 0.419 e. The van der Waals surface area contributed by atoms with Gasteiger partial charge in [-0.2, -0.15) is 18.4 Å². The van der Waals surface area contributed by atoms with Crippen LogP contribution in [0.3, 0.4) is 0 Å². The van der Waals surface area contributed by atoms with Gasteiger partial charge in [-0.15, -0.1) is 0 Å². The lowest BCUT2D eigenvalue weighted by Crippen LogP contribution is -2.40. The van der Waals surface area contributed by atoms with Crippen molar-refractivity contribution < 1.29 is 22.2 Å². The smallest absolute Gasteiger partial charge is 0.272 e. The molecule has 2 rings (SSSR count). The highest BCUT2D eigenvalue weighted by atomic mass is 32.1. The Bertz CT molecular complexity index is 746. The fraction of sp³-hybridized carbons (Fsp3) is 0.308. The number of hydrogen-bond acceptors (Lipinski definition) is 3. The molecule has 0 bridgehead atoms. The van der Waals surface area contributed by atoms with Crippen LogP contribution in [0.1, 0.15) is 25.0 Å². The maximum atomic E-state index is 13.3. The minimum Gasteiger partial charge on any atom is -0.272 e. The molecule has 1 N–H and O–H groups in total. The van der Waals surface area contributed by atoms with Gasteiger partial charge in [-0.25, -0.2) is 9.53 Å². The molecule has 0 radical (unpaired) electrons. The standard InChI is InChI=1S/C13H10F3N3O2S/c1-12(2)10(20)19(11(18-12)22-21)8-5-3-4-7(6-17)9(8)13(14,15)16/h3-5,18H,1-2H3. The molecule has 9 heteroatoms. The lowest BCUT2D eigenvalue weighted by atomic mass is 10.0. The number of benzene rings is 1. The molecule has 1 saturated heterocycles. The van der Waals surface area contributed by atoms with E-state index >= 15 is 0 Å². The summed E-state index contributed by atoms with van der Waals surface area (Å²) < 4.78 is 51.0. The Labute approximate surface area is 127 Å². The highest BCUT2D eigenvalue weighted by Gasteiger charge is 2.47. The lowest BCUT2D eigenvalue weighted by molar-refractivity contribution is -0.137. The van der Waals surface area contributed by atoms with Crippen LogP contribution in [-0.4, -0.2) is 20.8 Å². The molecule has 1 aliphatic heterocycles. The summed E-state index contributed by atoms with van der Waals surface area (Å²) in [4.78, 5) is 13.0. The van der Waals surface area contributed by atoms with Crippen molar-refractivity contribution in [2.75, 3.05) is 4.90 Å². The number of alkyl halides is 3. The van der Waals surface area contributed by atoms with Gasteiger partial charge in [-0.3, -0.25) is 9.69 Å². The molecule has 0 saturated carbocycles. The predicted octanol–water partition coefficient (Wildman–Crippen LogP) is 1.59. The van der Waals surface area contributed by atoms with Crippen molar-refractivity contribution in [3.63, 3.8) is 0 Å². The fourth-order valence-electron chi connectivity index (χ4n) is 2.14. The van der Waals surface area contributed by atoms with Crippen LogP contribution in [0.25, 0.3) is 0 Å². The van der Waals surface area contributed by atoms with Crippen molar-refractivity contribution in [1.29, 1.82) is 5.26 Å². The number of carbonyl (C=O) groups is 1. The van der Waals surface area contributed by atoms with Gasteiger partial charge in [0.05, 0.1) is 28.4 Å². The summed E-state index contributed by atoms with van der Waals surface area (Å²) >= 11 is -0.115. The van der Waals surface area contributed by atoms with Crippen molar-refractivity contribution in [3.05, 3.63) is 29.3 Å². The Morgan fingerprint density at radius 2 is 2.00 bits per heavy atom. The number of rotatable bonds is 1. The first-order valence-corrected chi connectivity index (χ1v) is 6.77. The molecular formula is C13H10F3N3O2S. The first-order chi connectivity index (χ1) is 10.1. The van der Waals surface area contributed by atoms with Crippen LogP contribution in [0.2, 0.25) is 0 Å². The van der Waals surface area contributed by atoms with E-state index in [4.69, 9.17) is 5.26 Å². The van der Waals surface area contributed by atoms with E-state index in [-0.39, 0.29) is 16.4 Å². The third-order valence-corrected chi connectivity index (χ3v) is 3.57. The molecule has 0 aromatic heterocycles. The Morgan fingerprint density at radius 1 is 1.36 bits per heavy atom. The number of hydrogen-bond donors (Lipinski definition) is 1. The number of halogens is 3. The molecule has 5 nitrogen and oxygen atoms in total. The van der Waals surface area contributed by atoms with Gasteiger partial charge >= 0.3 is 6.18 Å². The van der Waals surface area contributed by atoms with E-state index in [2.05, 4.69) is 5.32 Å². The van der Waals surface area contributed by atoms with Crippen LogP contribution in [0.15, 0.2) is 18.2 Å². The second-order valence-corrected chi connectivity index (χ2v) is 5.64. The van der Waals surface area contributed by atoms with Crippen molar-refractivity contribution in [2.45, 2.75) is 25.6 Å². The van der Waals surface area contributed by atoms with Gasteiger partial charge in [-0.1, -0.05) is 6.07 Å². The fourth-order valence-corrected chi connectivity index (χ4v) is 2.70. The zero-order chi connectivity index (χ0) is 16.7. The molecule has 0 unspecified atom stereocenters. The molecule has 1 aromatic rings. The summed E-state index contributed by atoms with van der Waals surface area (Å²) in [5.74, 6) is -0.702. The van der Waals surface area contributed by atoms with Gasteiger partial charge in [0.15, 0.2) is 5.11 Å². The molecule has 0 aliphatic carbocycles. The summed E-state index contributed by atoms with van der Waals surface area (Å²) in [6, 6.07) is 4.76. The zero-order valence-corrected chi connectivity index (χ0v) is 12.3. The normalized spacial score (nSPS) is 17.5. The van der Waals surface area contributed by atoms with Gasteiger partial charge < -0.3 is 0 Å². The average Bonchev–Trinajstić information content (AvgIpc) is 2.67. The van der Waals surface area contributed by atoms with Crippen LogP contribution in [-0.2, 0) is 22.2 Å². The molecule has 22 heavy (non-hydrogen) atoms. The van der Waals surface area contributed by atoms with E-state index in [0.717, 1.165) is 12.1 Å². The summed E-state index contributed by atoms with van der Waals surface area (Å²) in [7, 11) is 0. The van der Waals surface area contributed by atoms with Gasteiger partial charge in [0.2, 0.25) is 0 Å². The Hall–Kier alpha value is -2.18. The van der Waals surface area contributed by atoms with Crippen molar-refractivity contribution in [2.24, 2.45) is 0 Å². The van der Waals surface area contributed by atoms with Crippen molar-refractivity contribution >= 4 is 28.0 Å². The molecule has 1 amide bonds. The molecule has 1 aromatic carbocycles. The summed E-state index contributed by atoms with van der Waals surface area (Å²) in [5.41, 5.74) is -3.60. The summed E-state index contributed by atoms with van der Waals surface area (Å²) in [6.45, 7) is 2.90. The predicted molar refractivity (Wildman–Crippen MR) is 74.0 cm³/mol. The highest BCUT2D eigenvalue weighted by molar-refractivity contribution is 7.66. The quantitative estimate of drug-likeness (QED) is 0.794. The van der Waals surface area contributed by atoms with Gasteiger partial charge in [0.1, 0.15) is 11.3 Å². The Kier molecular flexibility index (Phi) is 3.85. The third kappa shape index (κ3) is 2.51. The number of nitrogens with one attached hydrogen (secondary N) is 1. The number of nitrogens with zero attached hydrogens (tertiary/aromatic N) is 2. The molecule has 1 fully saturated rings. The van der Waals surface area contributed by atoms with Gasteiger partial charge in [0, 0.05) is 0 Å². The second kappa shape index (κ2) is 5.23. The first-order valence-electron chi connectivity index (χ1n) is 6.03. The molecule has 0 atom stereocenters. The Morgan fingerprint density at radius 3 is 2.50 bits per heavy atom. The number of carbonyl (C=O) groups excluding carboxylic acids is 1. The largest absolute Gasteiger partial charge is 0.419 e. The molecule has 116 valence electrons. The molecular weight excluding hydrogens is 319 g/mol. The Balaban J connectivity index is 2.76. The monoisotopic (exact) mass is 329 g/mol. The van der Waals surface area contributed by atoms with Crippen molar-refractivity contribution in [3.8, 4) is 6.07 Å². The SMILES string of the molecule is CC1(C)NC(=S=O)N(c2cccc(C#N)c2C(F)(F)F)C1=O. The van der Waals surface area contributed by atoms with Crippen molar-refractivity contribution in [1.82, 2.24) is 5.32 Å². The summed E-state index contributed by atoms with van der Waals surface area (Å²) in [6.07, 6.45) is -4.84. The van der Waals surface area contributed by atoms with E-state index in [1.807, 2.05) is 0 Å². The van der Waals surface area contributed by atoms with Crippen LogP contribution in [0, 0.1) is 11.3 Å². The number of nitriles is 1. The average molecular weight is 329 g/mol. The highest BCUT2D eigenvalue weighted by Crippen LogP contribution is 2.40. The van der Waals surface area contributed by atoms with Crippen LogP contribution < -0.4 is 10.2 Å². The number of anilines is 1. The summed E-state index contributed by atoms with van der Waals surface area (Å²) in [5, 5.41) is 11.2. The van der Waals surface area contributed by atoms with Crippen LogP contribution in [0.4, 0.5) is 18.9 Å². The minimum absolute atomic E-state index is 0.115. The van der Waals surface area contributed by atoms with Gasteiger partial charge in [-0.05, 0) is 26.0 Å². The molecule has 1 heterocycles. The maximum absolute atomic E-state index is 13.3. The van der Waals surface area contributed by atoms with E-state index in [1.54, 1.807) is 0 Å². The number of amides is 1. The van der Waals surface area contributed by atoms with Gasteiger partial charge in [0.25, 0.3) is 5.91 Å². The lowest BCUT2D eigenvalue weighted by Gasteiger charge is -2.22. The first kappa shape index (κ1) is 16.2. The zero-order valence-electron chi connectivity index (χ0n) is 11.5.